The second-order valence-corrected chi connectivity index (χ2v) is 5.57. The first-order chi connectivity index (χ1) is 8.80. The molecule has 0 amide bonds. The quantitative estimate of drug-likeness (QED) is 0.398. The van der Waals surface area contributed by atoms with E-state index < -0.39 is 5.54 Å². The number of nitrogens with zero attached hydrogens (tertiary/aromatic N) is 3. The number of hydrogen-bond acceptors (Lipinski definition) is 2. The van der Waals surface area contributed by atoms with Gasteiger partial charge in [0.25, 0.3) is 0 Å². The van der Waals surface area contributed by atoms with Gasteiger partial charge in [-0.1, -0.05) is 30.1 Å². The summed E-state index contributed by atoms with van der Waals surface area (Å²) in [6, 6.07) is 4.87. The molecule has 1 aromatic carbocycles. The smallest absolute Gasteiger partial charge is 0.210 e. The van der Waals surface area contributed by atoms with Crippen molar-refractivity contribution in [1.29, 1.82) is 5.26 Å². The van der Waals surface area contributed by atoms with Gasteiger partial charge in [0.1, 0.15) is 0 Å². The fourth-order valence-electron chi connectivity index (χ4n) is 1.44. The minimum atomic E-state index is -0.398. The van der Waals surface area contributed by atoms with Crippen LogP contribution in [0.4, 0.5) is 5.69 Å². The number of hydrogen-bond donors (Lipinski definition) is 1. The van der Waals surface area contributed by atoms with E-state index in [0.717, 1.165) is 6.42 Å². The molecular formula is C13H16Cl2N4. The van der Waals surface area contributed by atoms with E-state index in [1.807, 2.05) is 20.8 Å². The number of nitrogens with two attached hydrogens (primary N) is 1. The van der Waals surface area contributed by atoms with Crippen LogP contribution < -0.4 is 5.73 Å². The first kappa shape index (κ1) is 15.6. The normalized spacial score (nSPS) is 12.1. The first-order valence-electron chi connectivity index (χ1n) is 5.80. The van der Waals surface area contributed by atoms with Gasteiger partial charge < -0.3 is 5.73 Å². The second-order valence-electron chi connectivity index (χ2n) is 4.70. The van der Waals surface area contributed by atoms with Crippen molar-refractivity contribution in [3.05, 3.63) is 28.2 Å². The monoisotopic (exact) mass is 298 g/mol. The molecule has 0 aliphatic heterocycles. The number of aliphatic imine (C=N–C) groups is 1. The lowest BCUT2D eigenvalue weighted by atomic mass is 10.0. The lowest BCUT2D eigenvalue weighted by Crippen LogP contribution is -2.47. The highest BCUT2D eigenvalue weighted by molar-refractivity contribution is 6.35. The molecule has 0 unspecified atom stereocenters. The Balaban J connectivity index is 3.13. The van der Waals surface area contributed by atoms with Gasteiger partial charge in [0, 0.05) is 10.0 Å². The summed E-state index contributed by atoms with van der Waals surface area (Å²) in [5.74, 6) is 0.118. The molecule has 2 N–H and O–H groups in total. The summed E-state index contributed by atoms with van der Waals surface area (Å²) in [6.07, 6.45) is 2.81. The van der Waals surface area contributed by atoms with E-state index in [-0.39, 0.29) is 5.96 Å². The van der Waals surface area contributed by atoms with E-state index in [1.54, 1.807) is 18.2 Å². The van der Waals surface area contributed by atoms with Gasteiger partial charge in [-0.05, 0) is 38.5 Å². The molecule has 0 radical (unpaired) electrons. The topological polar surface area (TPSA) is 65.4 Å². The number of benzene rings is 1. The molecule has 0 heterocycles. The molecule has 1 aromatic rings. The summed E-state index contributed by atoms with van der Waals surface area (Å²) in [5.41, 5.74) is 6.01. The van der Waals surface area contributed by atoms with Crippen LogP contribution in [0, 0.1) is 11.5 Å². The van der Waals surface area contributed by atoms with Crippen LogP contribution >= 0.6 is 23.2 Å². The van der Waals surface area contributed by atoms with Crippen LogP contribution in [0.1, 0.15) is 27.2 Å². The van der Waals surface area contributed by atoms with Gasteiger partial charge in [-0.2, -0.15) is 5.26 Å². The maximum Gasteiger partial charge on any atom is 0.210 e. The molecule has 0 aliphatic rings. The molecule has 102 valence electrons. The van der Waals surface area contributed by atoms with Crippen LogP contribution in [-0.2, 0) is 0 Å². The van der Waals surface area contributed by atoms with Crippen LogP contribution in [0.15, 0.2) is 23.2 Å². The molecule has 19 heavy (non-hydrogen) atoms. The number of guanidine groups is 1. The predicted molar refractivity (Wildman–Crippen MR) is 79.6 cm³/mol. The van der Waals surface area contributed by atoms with E-state index in [2.05, 4.69) is 11.2 Å². The number of rotatable bonds is 3. The van der Waals surface area contributed by atoms with E-state index in [4.69, 9.17) is 28.9 Å². The Hall–Kier alpha value is -1.44. The predicted octanol–water partition coefficient (Wildman–Crippen LogP) is 3.91. The van der Waals surface area contributed by atoms with Crippen LogP contribution in [0.3, 0.4) is 0 Å². The Bertz CT molecular complexity index is 512. The summed E-state index contributed by atoms with van der Waals surface area (Å²) >= 11 is 11.8. The summed E-state index contributed by atoms with van der Waals surface area (Å²) in [5, 5.41) is 10.2. The highest BCUT2D eigenvalue weighted by Gasteiger charge is 2.26. The van der Waals surface area contributed by atoms with Crippen molar-refractivity contribution in [3.63, 3.8) is 0 Å². The maximum atomic E-state index is 9.21. The second kappa shape index (κ2) is 6.14. The SMILES string of the molecule is CCC(C)(C)N(C#N)C(N)=Nc1cc(Cl)cc(Cl)c1. The summed E-state index contributed by atoms with van der Waals surface area (Å²) in [7, 11) is 0. The Morgan fingerprint density at radius 3 is 2.32 bits per heavy atom. The van der Waals surface area contributed by atoms with Crippen molar-refractivity contribution in [2.24, 2.45) is 10.7 Å². The largest absolute Gasteiger partial charge is 0.369 e. The fourth-order valence-corrected chi connectivity index (χ4v) is 1.96. The van der Waals surface area contributed by atoms with Crippen molar-refractivity contribution in [1.82, 2.24) is 4.90 Å². The minimum absolute atomic E-state index is 0.118. The average molecular weight is 299 g/mol. The Labute approximate surface area is 123 Å². The highest BCUT2D eigenvalue weighted by atomic mass is 35.5. The molecule has 4 nitrogen and oxygen atoms in total. The molecule has 6 heteroatoms. The van der Waals surface area contributed by atoms with Gasteiger partial charge in [0.2, 0.25) is 5.96 Å². The number of halogens is 2. The lowest BCUT2D eigenvalue weighted by Gasteiger charge is -2.32. The van der Waals surface area contributed by atoms with E-state index in [1.165, 1.54) is 4.90 Å². The van der Waals surface area contributed by atoms with Crippen LogP contribution in [0.25, 0.3) is 0 Å². The Morgan fingerprint density at radius 2 is 1.89 bits per heavy atom. The molecule has 0 atom stereocenters. The highest BCUT2D eigenvalue weighted by Crippen LogP contribution is 2.25. The zero-order chi connectivity index (χ0) is 14.6. The van der Waals surface area contributed by atoms with Crippen molar-refractivity contribution >= 4 is 34.8 Å². The molecule has 0 aliphatic carbocycles. The summed E-state index contributed by atoms with van der Waals surface area (Å²) < 4.78 is 0. The van der Waals surface area contributed by atoms with Gasteiger partial charge in [-0.15, -0.1) is 0 Å². The number of nitriles is 1. The standard InChI is InChI=1S/C13H16Cl2N4/c1-4-13(2,3)19(8-16)12(17)18-11-6-9(14)5-10(15)7-11/h5-7H,4H2,1-3H3,(H2,17,18). The van der Waals surface area contributed by atoms with Crippen molar-refractivity contribution in [2.75, 3.05) is 0 Å². The summed E-state index contributed by atoms with van der Waals surface area (Å²) in [4.78, 5) is 5.57. The average Bonchev–Trinajstić information content (AvgIpc) is 2.27. The van der Waals surface area contributed by atoms with Crippen LogP contribution in [0.2, 0.25) is 10.0 Å². The zero-order valence-electron chi connectivity index (χ0n) is 11.1. The first-order valence-corrected chi connectivity index (χ1v) is 6.56. The van der Waals surface area contributed by atoms with E-state index in [0.29, 0.717) is 15.7 Å². The van der Waals surface area contributed by atoms with Gasteiger partial charge >= 0.3 is 0 Å². The van der Waals surface area contributed by atoms with Crippen molar-refractivity contribution < 1.29 is 0 Å². The fraction of sp³-hybridized carbons (Fsp3) is 0.385. The molecule has 0 saturated heterocycles. The molecular weight excluding hydrogens is 283 g/mol. The van der Waals surface area contributed by atoms with E-state index in [9.17, 15) is 5.26 Å². The molecule has 0 fully saturated rings. The maximum absolute atomic E-state index is 9.21. The molecule has 0 spiro atoms. The third kappa shape index (κ3) is 4.02. The van der Waals surface area contributed by atoms with Crippen molar-refractivity contribution in [2.45, 2.75) is 32.7 Å². The molecule has 0 saturated carbocycles. The van der Waals surface area contributed by atoms with E-state index >= 15 is 0 Å². The van der Waals surface area contributed by atoms with Gasteiger partial charge in [-0.25, -0.2) is 9.89 Å². The summed E-state index contributed by atoms with van der Waals surface area (Å²) in [6.45, 7) is 5.82. The third-order valence-electron chi connectivity index (χ3n) is 2.89. The zero-order valence-corrected chi connectivity index (χ0v) is 12.6. The van der Waals surface area contributed by atoms with Gasteiger partial charge in [0.05, 0.1) is 11.2 Å². The van der Waals surface area contributed by atoms with Gasteiger partial charge in [0.15, 0.2) is 6.19 Å². The van der Waals surface area contributed by atoms with Crippen molar-refractivity contribution in [3.8, 4) is 6.19 Å². The third-order valence-corrected chi connectivity index (χ3v) is 3.33. The minimum Gasteiger partial charge on any atom is -0.369 e. The molecule has 1 rings (SSSR count). The lowest BCUT2D eigenvalue weighted by molar-refractivity contribution is 0.281. The molecule has 0 aromatic heterocycles. The molecule has 0 bridgehead atoms. The van der Waals surface area contributed by atoms with Gasteiger partial charge in [-0.3, -0.25) is 0 Å². The Kier molecular flexibility index (Phi) is 5.04. The van der Waals surface area contributed by atoms with Crippen LogP contribution in [-0.4, -0.2) is 16.4 Å². The van der Waals surface area contributed by atoms with Crippen LogP contribution in [0.5, 0.6) is 0 Å². The Morgan fingerprint density at radius 1 is 1.37 bits per heavy atom.